The molecule has 0 unspecified atom stereocenters. The molecule has 0 saturated heterocycles. The third-order valence-corrected chi connectivity index (χ3v) is 4.17. The van der Waals surface area contributed by atoms with Crippen LogP contribution in [0.15, 0.2) is 51.5 Å². The fourth-order valence-corrected chi connectivity index (χ4v) is 3.07. The SMILES string of the molecule is Nc1noc(-c2ccc(Br)cc2Cl)c1-c1ccccc1Cl. The van der Waals surface area contributed by atoms with Gasteiger partial charge >= 0.3 is 0 Å². The highest BCUT2D eigenvalue weighted by Gasteiger charge is 2.21. The van der Waals surface area contributed by atoms with Gasteiger partial charge in [-0.25, -0.2) is 0 Å². The highest BCUT2D eigenvalue weighted by atomic mass is 79.9. The van der Waals surface area contributed by atoms with Gasteiger partial charge in [0.25, 0.3) is 0 Å². The lowest BCUT2D eigenvalue weighted by atomic mass is 10.0. The van der Waals surface area contributed by atoms with Crippen LogP contribution in [0.2, 0.25) is 10.0 Å². The van der Waals surface area contributed by atoms with Gasteiger partial charge in [0, 0.05) is 20.6 Å². The first-order chi connectivity index (χ1) is 10.1. The van der Waals surface area contributed by atoms with E-state index >= 15 is 0 Å². The molecule has 1 heterocycles. The van der Waals surface area contributed by atoms with E-state index in [0.29, 0.717) is 26.9 Å². The normalized spacial score (nSPS) is 10.8. The molecule has 106 valence electrons. The summed E-state index contributed by atoms with van der Waals surface area (Å²) in [6.45, 7) is 0. The topological polar surface area (TPSA) is 52.0 Å². The quantitative estimate of drug-likeness (QED) is 0.621. The van der Waals surface area contributed by atoms with Crippen LogP contribution >= 0.6 is 39.1 Å². The molecule has 0 aliphatic carbocycles. The minimum absolute atomic E-state index is 0.275. The van der Waals surface area contributed by atoms with Crippen LogP contribution in [0.1, 0.15) is 0 Å². The number of anilines is 1. The van der Waals surface area contributed by atoms with E-state index in [9.17, 15) is 0 Å². The maximum atomic E-state index is 6.28. The van der Waals surface area contributed by atoms with Crippen LogP contribution in [0.5, 0.6) is 0 Å². The van der Waals surface area contributed by atoms with Crippen molar-refractivity contribution in [1.29, 1.82) is 0 Å². The van der Waals surface area contributed by atoms with Gasteiger partial charge in [-0.3, -0.25) is 0 Å². The molecule has 1 aromatic heterocycles. The smallest absolute Gasteiger partial charge is 0.178 e. The molecule has 0 amide bonds. The number of benzene rings is 2. The Balaban J connectivity index is 2.25. The van der Waals surface area contributed by atoms with E-state index in [1.165, 1.54) is 0 Å². The Kier molecular flexibility index (Phi) is 3.93. The number of nitrogens with zero attached hydrogens (tertiary/aromatic N) is 1. The largest absolute Gasteiger partial charge is 0.380 e. The van der Waals surface area contributed by atoms with Crippen molar-refractivity contribution in [2.24, 2.45) is 0 Å². The van der Waals surface area contributed by atoms with E-state index in [0.717, 1.165) is 10.0 Å². The number of hydrogen-bond acceptors (Lipinski definition) is 3. The third kappa shape index (κ3) is 2.67. The van der Waals surface area contributed by atoms with Crippen LogP contribution in [0, 0.1) is 0 Å². The summed E-state index contributed by atoms with van der Waals surface area (Å²) in [7, 11) is 0. The Hall–Kier alpha value is -1.49. The minimum Gasteiger partial charge on any atom is -0.380 e. The predicted octanol–water partition coefficient (Wildman–Crippen LogP) is 5.66. The summed E-state index contributed by atoms with van der Waals surface area (Å²) in [5.74, 6) is 0.773. The van der Waals surface area contributed by atoms with Crippen LogP contribution in [-0.4, -0.2) is 5.16 Å². The summed E-state index contributed by atoms with van der Waals surface area (Å²) in [5, 5.41) is 4.95. The predicted molar refractivity (Wildman–Crippen MR) is 89.5 cm³/mol. The number of rotatable bonds is 2. The number of nitrogen functional groups attached to an aromatic ring is 1. The molecule has 2 aromatic carbocycles. The third-order valence-electron chi connectivity index (χ3n) is 3.04. The van der Waals surface area contributed by atoms with Gasteiger partial charge in [-0.15, -0.1) is 0 Å². The molecule has 3 aromatic rings. The summed E-state index contributed by atoms with van der Waals surface area (Å²) in [6, 6.07) is 12.9. The number of nitrogens with two attached hydrogens (primary N) is 1. The summed E-state index contributed by atoms with van der Waals surface area (Å²) < 4.78 is 6.26. The summed E-state index contributed by atoms with van der Waals surface area (Å²) in [4.78, 5) is 0. The molecule has 0 radical (unpaired) electrons. The Morgan fingerprint density at radius 3 is 2.48 bits per heavy atom. The van der Waals surface area contributed by atoms with Gasteiger partial charge in [0.1, 0.15) is 0 Å². The van der Waals surface area contributed by atoms with E-state index in [2.05, 4.69) is 21.1 Å². The van der Waals surface area contributed by atoms with Crippen LogP contribution < -0.4 is 5.73 Å². The zero-order chi connectivity index (χ0) is 15.0. The lowest BCUT2D eigenvalue weighted by Gasteiger charge is -2.06. The first-order valence-electron chi connectivity index (χ1n) is 6.03. The zero-order valence-electron chi connectivity index (χ0n) is 10.6. The van der Waals surface area contributed by atoms with Gasteiger partial charge < -0.3 is 10.3 Å². The van der Waals surface area contributed by atoms with Crippen molar-refractivity contribution in [3.8, 4) is 22.5 Å². The summed E-state index contributed by atoms with van der Waals surface area (Å²) >= 11 is 15.9. The fourth-order valence-electron chi connectivity index (χ4n) is 2.08. The van der Waals surface area contributed by atoms with Crippen molar-refractivity contribution in [1.82, 2.24) is 5.16 Å². The first kappa shape index (κ1) is 14.4. The van der Waals surface area contributed by atoms with Crippen LogP contribution in [-0.2, 0) is 0 Å². The second-order valence-corrected chi connectivity index (χ2v) is 6.11. The molecular formula is C15H9BrCl2N2O. The Morgan fingerprint density at radius 1 is 1.00 bits per heavy atom. The summed E-state index contributed by atoms with van der Waals surface area (Å²) in [5.41, 5.74) is 8.05. The fraction of sp³-hybridized carbons (Fsp3) is 0. The number of aromatic nitrogens is 1. The van der Waals surface area contributed by atoms with E-state index < -0.39 is 0 Å². The zero-order valence-corrected chi connectivity index (χ0v) is 13.7. The lowest BCUT2D eigenvalue weighted by Crippen LogP contribution is -1.90. The first-order valence-corrected chi connectivity index (χ1v) is 7.58. The summed E-state index contributed by atoms with van der Waals surface area (Å²) in [6.07, 6.45) is 0. The molecule has 3 nitrogen and oxygen atoms in total. The number of hydrogen-bond donors (Lipinski definition) is 1. The Labute approximate surface area is 139 Å². The second-order valence-electron chi connectivity index (χ2n) is 4.38. The molecule has 0 saturated carbocycles. The molecule has 2 N–H and O–H groups in total. The van der Waals surface area contributed by atoms with Crippen molar-refractivity contribution in [3.63, 3.8) is 0 Å². The average Bonchev–Trinajstić information content (AvgIpc) is 2.81. The van der Waals surface area contributed by atoms with Crippen molar-refractivity contribution in [2.75, 3.05) is 5.73 Å². The van der Waals surface area contributed by atoms with Crippen molar-refractivity contribution in [2.45, 2.75) is 0 Å². The second kappa shape index (κ2) is 5.72. The standard InChI is InChI=1S/C15H9BrCl2N2O/c16-8-5-6-10(12(18)7-8)14-13(15(19)20-21-14)9-3-1-2-4-11(9)17/h1-7H,(H2,19,20). The highest BCUT2D eigenvalue weighted by molar-refractivity contribution is 9.10. The maximum Gasteiger partial charge on any atom is 0.178 e. The molecule has 0 aliphatic rings. The highest BCUT2D eigenvalue weighted by Crippen LogP contribution is 2.42. The van der Waals surface area contributed by atoms with Crippen LogP contribution in [0.25, 0.3) is 22.5 Å². The molecule has 0 atom stereocenters. The molecule has 0 fully saturated rings. The molecule has 6 heteroatoms. The maximum absolute atomic E-state index is 6.28. The molecule has 21 heavy (non-hydrogen) atoms. The van der Waals surface area contributed by atoms with Gasteiger partial charge in [-0.1, -0.05) is 62.5 Å². The molecule has 3 rings (SSSR count). The Bertz CT molecular complexity index is 817. The van der Waals surface area contributed by atoms with Gasteiger partial charge in [0.05, 0.1) is 10.6 Å². The molecule has 0 bridgehead atoms. The molecule has 0 aliphatic heterocycles. The van der Waals surface area contributed by atoms with Crippen LogP contribution in [0.4, 0.5) is 5.82 Å². The van der Waals surface area contributed by atoms with Crippen LogP contribution in [0.3, 0.4) is 0 Å². The van der Waals surface area contributed by atoms with Crippen molar-refractivity contribution in [3.05, 3.63) is 57.0 Å². The number of halogens is 3. The van der Waals surface area contributed by atoms with Gasteiger partial charge in [0.2, 0.25) is 0 Å². The Morgan fingerprint density at radius 2 is 1.76 bits per heavy atom. The van der Waals surface area contributed by atoms with Gasteiger partial charge in [-0.2, -0.15) is 0 Å². The molecular weight excluding hydrogens is 375 g/mol. The monoisotopic (exact) mass is 382 g/mol. The van der Waals surface area contributed by atoms with E-state index in [-0.39, 0.29) is 5.82 Å². The van der Waals surface area contributed by atoms with Gasteiger partial charge in [0.15, 0.2) is 11.6 Å². The van der Waals surface area contributed by atoms with E-state index in [1.54, 1.807) is 12.1 Å². The minimum atomic E-state index is 0.275. The van der Waals surface area contributed by atoms with Gasteiger partial charge in [-0.05, 0) is 24.3 Å². The van der Waals surface area contributed by atoms with Crippen molar-refractivity contribution < 1.29 is 4.52 Å². The van der Waals surface area contributed by atoms with E-state index in [4.69, 9.17) is 33.5 Å². The molecule has 0 spiro atoms. The average molecular weight is 384 g/mol. The lowest BCUT2D eigenvalue weighted by molar-refractivity contribution is 0.436. The van der Waals surface area contributed by atoms with E-state index in [1.807, 2.05) is 30.3 Å². The van der Waals surface area contributed by atoms with Crippen molar-refractivity contribution >= 4 is 44.9 Å².